The molecule has 0 aliphatic heterocycles. The molecule has 1 saturated carbocycles. The fraction of sp³-hybridized carbons (Fsp3) is 0.429. The lowest BCUT2D eigenvalue weighted by molar-refractivity contribution is 0.285. The highest BCUT2D eigenvalue weighted by Gasteiger charge is 2.24. The van der Waals surface area contributed by atoms with E-state index in [2.05, 4.69) is 13.5 Å². The summed E-state index contributed by atoms with van der Waals surface area (Å²) in [7, 11) is 0. The summed E-state index contributed by atoms with van der Waals surface area (Å²) in [5.41, 5.74) is 3.16. The summed E-state index contributed by atoms with van der Waals surface area (Å²) in [5, 5.41) is 0. The minimum atomic E-state index is -0.961. The van der Waals surface area contributed by atoms with Crippen molar-refractivity contribution in [2.75, 3.05) is 6.61 Å². The average Bonchev–Trinajstić information content (AvgIpc) is 2.96. The van der Waals surface area contributed by atoms with E-state index in [0.29, 0.717) is 12.2 Å². The molecule has 3 aromatic carbocycles. The third-order valence-corrected chi connectivity index (χ3v) is 8.15. The second-order valence-corrected chi connectivity index (χ2v) is 10.9. The fourth-order valence-electron chi connectivity index (χ4n) is 5.75. The molecule has 0 heterocycles. The van der Waals surface area contributed by atoms with Gasteiger partial charge in [0.05, 0.1) is 6.61 Å². The van der Waals surface area contributed by atoms with Crippen molar-refractivity contribution >= 4 is 0 Å². The predicted octanol–water partition coefficient (Wildman–Crippen LogP) is 11.0. The molecule has 0 N–H and O–H groups in total. The normalized spacial score (nSPS) is 17.2. The molecule has 3 aromatic rings. The minimum Gasteiger partial charge on any atom is -0.490 e. The third kappa shape index (κ3) is 7.56. The lowest BCUT2D eigenvalue weighted by atomic mass is 9.77. The molecule has 1 nitrogen and oxygen atoms in total. The quantitative estimate of drug-likeness (QED) is 0.156. The molecule has 0 unspecified atom stereocenters. The van der Waals surface area contributed by atoms with Crippen LogP contribution in [0.25, 0.3) is 22.3 Å². The Morgan fingerprint density at radius 2 is 1.49 bits per heavy atom. The SMILES string of the molecule is C=CCCC1CCC(c2ccc(-c3ccc(-c4ccc(OCCCCCCC)c(F)c4F)cc3)cc2F)CC1. The van der Waals surface area contributed by atoms with Crippen LogP contribution < -0.4 is 4.74 Å². The molecule has 208 valence electrons. The van der Waals surface area contributed by atoms with Crippen LogP contribution in [0.4, 0.5) is 13.2 Å². The van der Waals surface area contributed by atoms with E-state index < -0.39 is 11.6 Å². The summed E-state index contributed by atoms with van der Waals surface area (Å²) in [6.07, 6.45) is 13.9. The van der Waals surface area contributed by atoms with Gasteiger partial charge in [-0.1, -0.05) is 75.1 Å². The van der Waals surface area contributed by atoms with Crippen LogP contribution in [-0.4, -0.2) is 6.61 Å². The molecule has 0 spiro atoms. The van der Waals surface area contributed by atoms with Gasteiger partial charge in [-0.05, 0) is 97.2 Å². The standard InChI is InChI=1S/C35H41F3O/c1-3-5-7-8-9-23-39-33-22-21-31(34(37)35(33)38)28-17-15-26(16-18-28)29-19-20-30(32(36)24-29)27-13-11-25(12-14-27)10-6-4-2/h4,15-22,24-25,27H,2-3,5-14,23H2,1H3. The molecule has 39 heavy (non-hydrogen) atoms. The van der Waals surface area contributed by atoms with Gasteiger partial charge in [0, 0.05) is 5.56 Å². The van der Waals surface area contributed by atoms with E-state index in [1.165, 1.54) is 18.9 Å². The van der Waals surface area contributed by atoms with Gasteiger partial charge in [0.25, 0.3) is 0 Å². The van der Waals surface area contributed by atoms with Crippen LogP contribution in [0.2, 0.25) is 0 Å². The first-order valence-electron chi connectivity index (χ1n) is 14.6. The Morgan fingerprint density at radius 3 is 2.18 bits per heavy atom. The molecule has 4 heteroatoms. The molecule has 0 aromatic heterocycles. The summed E-state index contributed by atoms with van der Waals surface area (Å²) >= 11 is 0. The number of rotatable bonds is 13. The Morgan fingerprint density at radius 1 is 0.795 bits per heavy atom. The van der Waals surface area contributed by atoms with Gasteiger partial charge in [0.15, 0.2) is 11.6 Å². The zero-order valence-corrected chi connectivity index (χ0v) is 23.2. The van der Waals surface area contributed by atoms with Crippen LogP contribution in [0.3, 0.4) is 0 Å². The van der Waals surface area contributed by atoms with Crippen molar-refractivity contribution in [2.24, 2.45) is 5.92 Å². The number of allylic oxidation sites excluding steroid dienone is 1. The summed E-state index contributed by atoms with van der Waals surface area (Å²) in [6.45, 7) is 6.34. The molecular formula is C35H41F3O. The van der Waals surface area contributed by atoms with Crippen molar-refractivity contribution in [1.82, 2.24) is 0 Å². The molecule has 1 aliphatic carbocycles. The van der Waals surface area contributed by atoms with Crippen LogP contribution in [0.1, 0.15) is 89.0 Å². The largest absolute Gasteiger partial charge is 0.490 e. The van der Waals surface area contributed by atoms with E-state index in [-0.39, 0.29) is 23.0 Å². The average molecular weight is 535 g/mol. The van der Waals surface area contributed by atoms with Crippen molar-refractivity contribution in [2.45, 2.75) is 83.5 Å². The molecule has 0 radical (unpaired) electrons. The lowest BCUT2D eigenvalue weighted by Crippen LogP contribution is -2.14. The first-order valence-corrected chi connectivity index (χ1v) is 14.6. The monoisotopic (exact) mass is 534 g/mol. The van der Waals surface area contributed by atoms with Gasteiger partial charge < -0.3 is 4.74 Å². The van der Waals surface area contributed by atoms with E-state index in [4.69, 9.17) is 4.74 Å². The molecule has 0 bridgehead atoms. The zero-order chi connectivity index (χ0) is 27.6. The summed E-state index contributed by atoms with van der Waals surface area (Å²) in [6, 6.07) is 15.7. The van der Waals surface area contributed by atoms with Crippen molar-refractivity contribution in [3.05, 3.63) is 90.3 Å². The van der Waals surface area contributed by atoms with E-state index in [1.54, 1.807) is 24.3 Å². The second-order valence-electron chi connectivity index (χ2n) is 10.9. The van der Waals surface area contributed by atoms with Crippen LogP contribution >= 0.6 is 0 Å². The highest BCUT2D eigenvalue weighted by molar-refractivity contribution is 5.71. The Labute approximate surface area is 232 Å². The highest BCUT2D eigenvalue weighted by atomic mass is 19.2. The molecular weight excluding hydrogens is 493 g/mol. The van der Waals surface area contributed by atoms with E-state index in [9.17, 15) is 8.78 Å². The van der Waals surface area contributed by atoms with E-state index in [1.807, 2.05) is 30.3 Å². The molecule has 0 amide bonds. The van der Waals surface area contributed by atoms with Gasteiger partial charge in [-0.3, -0.25) is 0 Å². The maximum absolute atomic E-state index is 15.1. The number of benzene rings is 3. The highest BCUT2D eigenvalue weighted by Crippen LogP contribution is 2.39. The fourth-order valence-corrected chi connectivity index (χ4v) is 5.75. The molecule has 0 saturated heterocycles. The van der Waals surface area contributed by atoms with Crippen molar-refractivity contribution in [3.8, 4) is 28.0 Å². The van der Waals surface area contributed by atoms with Crippen LogP contribution in [0.5, 0.6) is 5.75 Å². The molecule has 1 fully saturated rings. The van der Waals surface area contributed by atoms with Gasteiger partial charge in [0.1, 0.15) is 5.82 Å². The van der Waals surface area contributed by atoms with Gasteiger partial charge in [-0.25, -0.2) is 8.78 Å². The van der Waals surface area contributed by atoms with Crippen LogP contribution in [0.15, 0.2) is 67.3 Å². The number of ether oxygens (including phenoxy) is 1. The zero-order valence-electron chi connectivity index (χ0n) is 23.2. The van der Waals surface area contributed by atoms with Gasteiger partial charge >= 0.3 is 0 Å². The maximum atomic E-state index is 15.1. The predicted molar refractivity (Wildman–Crippen MR) is 156 cm³/mol. The number of hydrogen-bond acceptors (Lipinski definition) is 1. The topological polar surface area (TPSA) is 9.23 Å². The van der Waals surface area contributed by atoms with Gasteiger partial charge in [-0.2, -0.15) is 4.39 Å². The Kier molecular flexibility index (Phi) is 10.7. The van der Waals surface area contributed by atoms with Gasteiger partial charge in [0.2, 0.25) is 5.82 Å². The number of halogens is 3. The number of hydrogen-bond donors (Lipinski definition) is 0. The Balaban J connectivity index is 1.39. The van der Waals surface area contributed by atoms with Gasteiger partial charge in [-0.15, -0.1) is 6.58 Å². The molecule has 0 atom stereocenters. The minimum absolute atomic E-state index is 0.0517. The van der Waals surface area contributed by atoms with Crippen LogP contribution in [-0.2, 0) is 0 Å². The first kappa shape index (κ1) is 29.0. The first-order chi connectivity index (χ1) is 19.0. The van der Waals surface area contributed by atoms with E-state index >= 15 is 4.39 Å². The smallest absolute Gasteiger partial charge is 0.201 e. The van der Waals surface area contributed by atoms with Crippen molar-refractivity contribution in [3.63, 3.8) is 0 Å². The van der Waals surface area contributed by atoms with Crippen molar-refractivity contribution < 1.29 is 17.9 Å². The Hall–Kier alpha value is -3.01. The van der Waals surface area contributed by atoms with E-state index in [0.717, 1.165) is 80.4 Å². The third-order valence-electron chi connectivity index (χ3n) is 8.15. The second kappa shape index (κ2) is 14.4. The van der Waals surface area contributed by atoms with Crippen LogP contribution in [0, 0.1) is 23.4 Å². The molecule has 4 rings (SSSR count). The summed E-state index contributed by atoms with van der Waals surface area (Å²) in [5.74, 6) is -1.10. The summed E-state index contributed by atoms with van der Waals surface area (Å²) < 4.78 is 50.2. The molecule has 1 aliphatic rings. The summed E-state index contributed by atoms with van der Waals surface area (Å²) in [4.78, 5) is 0. The Bertz CT molecular complexity index is 1210. The van der Waals surface area contributed by atoms with Crippen molar-refractivity contribution in [1.29, 1.82) is 0 Å². The lowest BCUT2D eigenvalue weighted by Gasteiger charge is -2.29. The maximum Gasteiger partial charge on any atom is 0.201 e. The number of unbranched alkanes of at least 4 members (excludes halogenated alkanes) is 4.